The number of aromatic nitrogens is 3. The molecule has 0 unspecified atom stereocenters. The van der Waals surface area contributed by atoms with Crippen LogP contribution in [0, 0.1) is 5.95 Å². The fourth-order valence-corrected chi connectivity index (χ4v) is 1.05. The molecule has 0 aromatic carbocycles. The molecule has 0 saturated heterocycles. The van der Waals surface area contributed by atoms with Crippen LogP contribution in [0.2, 0.25) is 0 Å². The van der Waals surface area contributed by atoms with Crippen LogP contribution in [0.4, 0.5) is 4.39 Å². The number of hydrogen-bond donors (Lipinski definition) is 0. The molecule has 70 valence electrons. The molecular formula is C9H6FN3O. The van der Waals surface area contributed by atoms with Crippen LogP contribution < -0.4 is 0 Å². The van der Waals surface area contributed by atoms with Gasteiger partial charge in [-0.15, -0.1) is 0 Å². The largest absolute Gasteiger partial charge is 0.298 e. The Kier molecular flexibility index (Phi) is 2.06. The van der Waals surface area contributed by atoms with E-state index in [1.165, 1.54) is 29.2 Å². The Morgan fingerprint density at radius 1 is 1.43 bits per heavy atom. The number of hydrogen-bond acceptors (Lipinski definition) is 3. The van der Waals surface area contributed by atoms with Gasteiger partial charge in [-0.2, -0.15) is 9.49 Å². The lowest BCUT2D eigenvalue weighted by Gasteiger charge is -1.98. The average Bonchev–Trinajstić information content (AvgIpc) is 2.66. The van der Waals surface area contributed by atoms with E-state index in [4.69, 9.17) is 0 Å². The van der Waals surface area contributed by atoms with E-state index in [2.05, 4.69) is 10.1 Å². The molecule has 0 bridgehead atoms. The van der Waals surface area contributed by atoms with Gasteiger partial charge in [0.2, 0.25) is 5.95 Å². The maximum absolute atomic E-state index is 12.7. The van der Waals surface area contributed by atoms with Crippen molar-refractivity contribution < 1.29 is 9.18 Å². The van der Waals surface area contributed by atoms with Crippen LogP contribution in [0.25, 0.3) is 5.82 Å². The molecule has 2 rings (SSSR count). The molecule has 0 amide bonds. The van der Waals surface area contributed by atoms with Crippen molar-refractivity contribution in [3.05, 3.63) is 42.1 Å². The first-order valence-corrected chi connectivity index (χ1v) is 3.92. The molecule has 0 aliphatic rings. The topological polar surface area (TPSA) is 47.8 Å². The third-order valence-corrected chi connectivity index (χ3v) is 1.67. The summed E-state index contributed by atoms with van der Waals surface area (Å²) < 4.78 is 14.1. The molecule has 0 saturated carbocycles. The molecule has 2 aromatic rings. The maximum atomic E-state index is 12.7. The Hall–Kier alpha value is -2.04. The molecule has 0 atom stereocenters. The standard InChI is InChI=1S/C9H6FN3O/c10-8-2-1-3-9(12-8)13-5-7(6-14)4-11-13/h1-6H. The van der Waals surface area contributed by atoms with Gasteiger partial charge in [0.1, 0.15) is 0 Å². The van der Waals surface area contributed by atoms with Crippen molar-refractivity contribution in [3.8, 4) is 5.82 Å². The van der Waals surface area contributed by atoms with Crippen LogP contribution in [0.1, 0.15) is 10.4 Å². The SMILES string of the molecule is O=Cc1cnn(-c2cccc(F)n2)c1. The van der Waals surface area contributed by atoms with Gasteiger partial charge in [0.25, 0.3) is 0 Å². The Labute approximate surface area is 79.0 Å². The first-order chi connectivity index (χ1) is 6.79. The summed E-state index contributed by atoms with van der Waals surface area (Å²) in [7, 11) is 0. The Balaban J connectivity index is 2.43. The molecule has 5 heteroatoms. The van der Waals surface area contributed by atoms with E-state index in [9.17, 15) is 9.18 Å². The van der Waals surface area contributed by atoms with Crippen LogP contribution >= 0.6 is 0 Å². The molecule has 14 heavy (non-hydrogen) atoms. The van der Waals surface area contributed by atoms with Crippen molar-refractivity contribution in [1.82, 2.24) is 14.8 Å². The highest BCUT2D eigenvalue weighted by Gasteiger charge is 2.01. The Morgan fingerprint density at radius 2 is 2.29 bits per heavy atom. The van der Waals surface area contributed by atoms with E-state index in [0.29, 0.717) is 17.7 Å². The molecule has 4 nitrogen and oxygen atoms in total. The van der Waals surface area contributed by atoms with Crippen LogP contribution in [0.3, 0.4) is 0 Å². The monoisotopic (exact) mass is 191 g/mol. The van der Waals surface area contributed by atoms with Crippen molar-refractivity contribution >= 4 is 6.29 Å². The zero-order valence-electron chi connectivity index (χ0n) is 7.09. The summed E-state index contributed by atoms with van der Waals surface area (Å²) in [5.41, 5.74) is 0.427. The van der Waals surface area contributed by atoms with Crippen molar-refractivity contribution in [3.63, 3.8) is 0 Å². The van der Waals surface area contributed by atoms with Gasteiger partial charge in [0.15, 0.2) is 12.1 Å². The lowest BCUT2D eigenvalue weighted by Crippen LogP contribution is -1.98. The lowest BCUT2D eigenvalue weighted by molar-refractivity contribution is 0.112. The van der Waals surface area contributed by atoms with Gasteiger partial charge in [-0.05, 0) is 12.1 Å². The second-order valence-corrected chi connectivity index (χ2v) is 2.65. The number of rotatable bonds is 2. The Morgan fingerprint density at radius 3 is 2.93 bits per heavy atom. The van der Waals surface area contributed by atoms with E-state index in [-0.39, 0.29) is 0 Å². The quantitative estimate of drug-likeness (QED) is 0.529. The smallest absolute Gasteiger partial charge is 0.214 e. The molecule has 0 N–H and O–H groups in total. The summed E-state index contributed by atoms with van der Waals surface area (Å²) in [6, 6.07) is 4.37. The summed E-state index contributed by atoms with van der Waals surface area (Å²) in [6.07, 6.45) is 3.54. The van der Waals surface area contributed by atoms with Crippen molar-refractivity contribution in [2.75, 3.05) is 0 Å². The number of halogens is 1. The second kappa shape index (κ2) is 3.37. The van der Waals surface area contributed by atoms with Crippen molar-refractivity contribution in [1.29, 1.82) is 0 Å². The summed E-state index contributed by atoms with van der Waals surface area (Å²) in [5, 5.41) is 3.85. The van der Waals surface area contributed by atoms with Gasteiger partial charge in [0.05, 0.1) is 11.8 Å². The molecule has 0 aliphatic carbocycles. The molecule has 0 spiro atoms. The fraction of sp³-hybridized carbons (Fsp3) is 0. The minimum Gasteiger partial charge on any atom is -0.298 e. The highest BCUT2D eigenvalue weighted by atomic mass is 19.1. The predicted octanol–water partition coefficient (Wildman–Crippen LogP) is 1.22. The molecule has 0 fully saturated rings. The van der Waals surface area contributed by atoms with E-state index in [0.717, 1.165) is 0 Å². The fourth-order valence-electron chi connectivity index (χ4n) is 1.05. The van der Waals surface area contributed by atoms with Crippen LogP contribution in [0.15, 0.2) is 30.6 Å². The van der Waals surface area contributed by atoms with Gasteiger partial charge in [-0.3, -0.25) is 4.79 Å². The van der Waals surface area contributed by atoms with Gasteiger partial charge >= 0.3 is 0 Å². The normalized spacial score (nSPS) is 10.1. The number of pyridine rings is 1. The van der Waals surface area contributed by atoms with Gasteiger partial charge < -0.3 is 0 Å². The van der Waals surface area contributed by atoms with Gasteiger partial charge in [-0.25, -0.2) is 9.67 Å². The summed E-state index contributed by atoms with van der Waals surface area (Å²) in [6.45, 7) is 0. The lowest BCUT2D eigenvalue weighted by atomic mass is 10.4. The molecule has 2 heterocycles. The third kappa shape index (κ3) is 1.52. The van der Waals surface area contributed by atoms with E-state index < -0.39 is 5.95 Å². The first kappa shape index (κ1) is 8.55. The number of aldehydes is 1. The van der Waals surface area contributed by atoms with E-state index >= 15 is 0 Å². The minimum atomic E-state index is -0.578. The zero-order valence-corrected chi connectivity index (χ0v) is 7.09. The highest BCUT2D eigenvalue weighted by molar-refractivity contribution is 5.73. The second-order valence-electron chi connectivity index (χ2n) is 2.65. The van der Waals surface area contributed by atoms with Crippen LogP contribution in [-0.2, 0) is 0 Å². The molecule has 0 radical (unpaired) electrons. The molecular weight excluding hydrogens is 185 g/mol. The number of nitrogens with zero attached hydrogens (tertiary/aromatic N) is 3. The Bertz CT molecular complexity index is 467. The zero-order chi connectivity index (χ0) is 9.97. The maximum Gasteiger partial charge on any atom is 0.214 e. The molecule has 0 aliphatic heterocycles. The van der Waals surface area contributed by atoms with Crippen LogP contribution in [0.5, 0.6) is 0 Å². The number of carbonyl (C=O) groups excluding carboxylic acids is 1. The molecule has 2 aromatic heterocycles. The van der Waals surface area contributed by atoms with Crippen LogP contribution in [-0.4, -0.2) is 21.1 Å². The minimum absolute atomic E-state index is 0.345. The van der Waals surface area contributed by atoms with Gasteiger partial charge in [-0.1, -0.05) is 6.07 Å². The summed E-state index contributed by atoms with van der Waals surface area (Å²) in [5.74, 6) is -0.233. The average molecular weight is 191 g/mol. The predicted molar refractivity (Wildman–Crippen MR) is 46.7 cm³/mol. The highest BCUT2D eigenvalue weighted by Crippen LogP contribution is 2.04. The first-order valence-electron chi connectivity index (χ1n) is 3.92. The summed E-state index contributed by atoms with van der Waals surface area (Å²) in [4.78, 5) is 14.0. The third-order valence-electron chi connectivity index (χ3n) is 1.67. The van der Waals surface area contributed by atoms with Crippen molar-refractivity contribution in [2.45, 2.75) is 0 Å². The van der Waals surface area contributed by atoms with Crippen molar-refractivity contribution in [2.24, 2.45) is 0 Å². The summed E-state index contributed by atoms with van der Waals surface area (Å²) >= 11 is 0. The van der Waals surface area contributed by atoms with Gasteiger partial charge in [0, 0.05) is 6.20 Å². The number of carbonyl (C=O) groups is 1. The van der Waals surface area contributed by atoms with E-state index in [1.54, 1.807) is 6.07 Å². The van der Waals surface area contributed by atoms with E-state index in [1.807, 2.05) is 0 Å².